The van der Waals surface area contributed by atoms with Crippen molar-refractivity contribution in [2.45, 2.75) is 26.3 Å². The van der Waals surface area contributed by atoms with E-state index < -0.39 is 0 Å². The van der Waals surface area contributed by atoms with Crippen LogP contribution in [-0.2, 0) is 6.42 Å². The molecule has 2 aromatic rings. The minimum Gasteiger partial charge on any atom is -0.313 e. The van der Waals surface area contributed by atoms with Crippen LogP contribution in [-0.4, -0.2) is 17.2 Å². The summed E-state index contributed by atoms with van der Waals surface area (Å²) in [5.41, 5.74) is 4.36. The van der Waals surface area contributed by atoms with Gasteiger partial charge in [-0.25, -0.2) is 0 Å². The van der Waals surface area contributed by atoms with Crippen LogP contribution in [0.4, 0.5) is 0 Å². The van der Waals surface area contributed by atoms with Crippen LogP contribution in [0.25, 0.3) is 0 Å². The first-order chi connectivity index (χ1) is 9.10. The summed E-state index contributed by atoms with van der Waals surface area (Å²) >= 11 is 5.91. The molecule has 0 aliphatic rings. The number of nitrogens with one attached hydrogen (secondary N) is 1. The third-order valence-corrected chi connectivity index (χ3v) is 3.47. The Morgan fingerprint density at radius 2 is 1.84 bits per heavy atom. The SMILES string of the molecule is CNC(Cc1ccc(Cl)cc1)c1cc(C)nnc1C. The van der Waals surface area contributed by atoms with Gasteiger partial charge in [0.2, 0.25) is 0 Å². The van der Waals surface area contributed by atoms with Gasteiger partial charge in [0.15, 0.2) is 0 Å². The maximum Gasteiger partial charge on any atom is 0.0648 e. The van der Waals surface area contributed by atoms with Crippen molar-refractivity contribution in [3.05, 3.63) is 57.9 Å². The fourth-order valence-electron chi connectivity index (χ4n) is 2.15. The standard InChI is InChI=1S/C15H18ClN3/c1-10-8-14(11(2)19-18-10)15(17-3)9-12-4-6-13(16)7-5-12/h4-8,15,17H,9H2,1-3H3. The average molecular weight is 276 g/mol. The van der Waals surface area contributed by atoms with E-state index in [0.29, 0.717) is 0 Å². The zero-order valence-electron chi connectivity index (χ0n) is 11.4. The summed E-state index contributed by atoms with van der Waals surface area (Å²) in [5.74, 6) is 0. The molecule has 1 N–H and O–H groups in total. The number of hydrogen-bond donors (Lipinski definition) is 1. The van der Waals surface area contributed by atoms with Crippen molar-refractivity contribution in [3.63, 3.8) is 0 Å². The van der Waals surface area contributed by atoms with Crippen LogP contribution in [0.5, 0.6) is 0 Å². The van der Waals surface area contributed by atoms with E-state index in [4.69, 9.17) is 11.6 Å². The van der Waals surface area contributed by atoms with Crippen molar-refractivity contribution in [2.24, 2.45) is 0 Å². The molecule has 1 unspecified atom stereocenters. The summed E-state index contributed by atoms with van der Waals surface area (Å²) in [6, 6.07) is 10.3. The van der Waals surface area contributed by atoms with Crippen LogP contribution in [0.15, 0.2) is 30.3 Å². The number of aromatic nitrogens is 2. The highest BCUT2D eigenvalue weighted by molar-refractivity contribution is 6.30. The van der Waals surface area contributed by atoms with Gasteiger partial charge in [-0.2, -0.15) is 10.2 Å². The molecule has 1 atom stereocenters. The van der Waals surface area contributed by atoms with Crippen LogP contribution in [0.3, 0.4) is 0 Å². The number of rotatable bonds is 4. The first-order valence-corrected chi connectivity index (χ1v) is 6.70. The van der Waals surface area contributed by atoms with E-state index in [2.05, 4.69) is 33.7 Å². The van der Waals surface area contributed by atoms with E-state index >= 15 is 0 Å². The molecule has 100 valence electrons. The fraction of sp³-hybridized carbons (Fsp3) is 0.333. The minimum atomic E-state index is 0.232. The molecule has 19 heavy (non-hydrogen) atoms. The van der Waals surface area contributed by atoms with Gasteiger partial charge in [-0.05, 0) is 56.6 Å². The van der Waals surface area contributed by atoms with Gasteiger partial charge in [0.25, 0.3) is 0 Å². The quantitative estimate of drug-likeness (QED) is 0.931. The lowest BCUT2D eigenvalue weighted by Crippen LogP contribution is -2.20. The van der Waals surface area contributed by atoms with E-state index in [1.165, 1.54) is 11.1 Å². The third kappa shape index (κ3) is 3.52. The Morgan fingerprint density at radius 1 is 1.16 bits per heavy atom. The Kier molecular flexibility index (Phi) is 4.51. The van der Waals surface area contributed by atoms with Gasteiger partial charge in [0, 0.05) is 11.1 Å². The van der Waals surface area contributed by atoms with Gasteiger partial charge >= 0.3 is 0 Å². The van der Waals surface area contributed by atoms with Crippen molar-refractivity contribution in [1.29, 1.82) is 0 Å². The zero-order chi connectivity index (χ0) is 13.8. The van der Waals surface area contributed by atoms with E-state index in [-0.39, 0.29) is 6.04 Å². The molecule has 0 aliphatic carbocycles. The van der Waals surface area contributed by atoms with E-state index in [1.807, 2.05) is 33.0 Å². The average Bonchev–Trinajstić information content (AvgIpc) is 2.41. The Bertz CT molecular complexity index is 552. The topological polar surface area (TPSA) is 37.8 Å². The molecule has 0 radical (unpaired) electrons. The van der Waals surface area contributed by atoms with Crippen molar-refractivity contribution >= 4 is 11.6 Å². The van der Waals surface area contributed by atoms with Crippen LogP contribution in [0.1, 0.15) is 28.6 Å². The second-order valence-electron chi connectivity index (χ2n) is 4.70. The highest BCUT2D eigenvalue weighted by atomic mass is 35.5. The third-order valence-electron chi connectivity index (χ3n) is 3.22. The van der Waals surface area contributed by atoms with Crippen LogP contribution in [0, 0.1) is 13.8 Å². The van der Waals surface area contributed by atoms with Crippen molar-refractivity contribution in [1.82, 2.24) is 15.5 Å². The van der Waals surface area contributed by atoms with E-state index in [1.54, 1.807) is 0 Å². The Labute approximate surface area is 119 Å². The lowest BCUT2D eigenvalue weighted by molar-refractivity contribution is 0.582. The molecule has 1 aromatic carbocycles. The predicted molar refractivity (Wildman–Crippen MR) is 78.5 cm³/mol. The Balaban J connectivity index is 2.24. The van der Waals surface area contributed by atoms with Gasteiger partial charge in [0.1, 0.15) is 0 Å². The molecule has 1 heterocycles. The summed E-state index contributed by atoms with van der Waals surface area (Å²) < 4.78 is 0. The van der Waals surface area contributed by atoms with Gasteiger partial charge in [0.05, 0.1) is 11.4 Å². The number of halogens is 1. The first kappa shape index (κ1) is 14.0. The molecular weight excluding hydrogens is 258 g/mol. The van der Waals surface area contributed by atoms with Crippen LogP contribution >= 0.6 is 11.6 Å². The lowest BCUT2D eigenvalue weighted by atomic mass is 9.98. The molecule has 0 spiro atoms. The monoisotopic (exact) mass is 275 g/mol. The molecule has 0 fully saturated rings. The molecule has 0 saturated carbocycles. The van der Waals surface area contributed by atoms with Crippen molar-refractivity contribution in [2.75, 3.05) is 7.05 Å². The van der Waals surface area contributed by atoms with Crippen molar-refractivity contribution < 1.29 is 0 Å². The van der Waals surface area contributed by atoms with E-state index in [9.17, 15) is 0 Å². The van der Waals surface area contributed by atoms with Gasteiger partial charge < -0.3 is 5.32 Å². The molecule has 3 nitrogen and oxygen atoms in total. The lowest BCUT2D eigenvalue weighted by Gasteiger charge is -2.18. The van der Waals surface area contributed by atoms with Crippen LogP contribution in [0.2, 0.25) is 5.02 Å². The minimum absolute atomic E-state index is 0.232. The number of benzene rings is 1. The predicted octanol–water partition coefficient (Wildman–Crippen LogP) is 3.25. The smallest absolute Gasteiger partial charge is 0.0648 e. The molecule has 0 bridgehead atoms. The Hall–Kier alpha value is -1.45. The summed E-state index contributed by atoms with van der Waals surface area (Å²) in [7, 11) is 1.97. The van der Waals surface area contributed by atoms with Crippen LogP contribution < -0.4 is 5.32 Å². The van der Waals surface area contributed by atoms with Gasteiger partial charge in [-0.1, -0.05) is 23.7 Å². The van der Waals surface area contributed by atoms with Crippen molar-refractivity contribution in [3.8, 4) is 0 Å². The van der Waals surface area contributed by atoms with E-state index in [0.717, 1.165) is 22.8 Å². The summed E-state index contributed by atoms with van der Waals surface area (Å²) in [4.78, 5) is 0. The molecule has 2 rings (SSSR count). The molecular formula is C15H18ClN3. The molecule has 0 saturated heterocycles. The summed E-state index contributed by atoms with van der Waals surface area (Å²) in [6.07, 6.45) is 0.902. The number of aryl methyl sites for hydroxylation is 2. The molecule has 1 aromatic heterocycles. The maximum atomic E-state index is 5.91. The molecule has 4 heteroatoms. The number of likely N-dealkylation sites (N-methyl/N-ethyl adjacent to an activating group) is 1. The Morgan fingerprint density at radius 3 is 2.47 bits per heavy atom. The number of nitrogens with zero attached hydrogens (tertiary/aromatic N) is 2. The normalized spacial score (nSPS) is 12.4. The first-order valence-electron chi connectivity index (χ1n) is 6.32. The second-order valence-corrected chi connectivity index (χ2v) is 5.13. The largest absolute Gasteiger partial charge is 0.313 e. The zero-order valence-corrected chi connectivity index (χ0v) is 12.2. The highest BCUT2D eigenvalue weighted by Gasteiger charge is 2.14. The maximum absolute atomic E-state index is 5.91. The van der Waals surface area contributed by atoms with Gasteiger partial charge in [-0.15, -0.1) is 0 Å². The summed E-state index contributed by atoms with van der Waals surface area (Å²) in [6.45, 7) is 3.96. The molecule has 0 aliphatic heterocycles. The van der Waals surface area contributed by atoms with Gasteiger partial charge in [-0.3, -0.25) is 0 Å². The fourth-order valence-corrected chi connectivity index (χ4v) is 2.27. The number of hydrogen-bond acceptors (Lipinski definition) is 3. The highest BCUT2D eigenvalue weighted by Crippen LogP contribution is 2.21. The second kappa shape index (κ2) is 6.13. The summed E-state index contributed by atoms with van der Waals surface area (Å²) in [5, 5.41) is 12.4. The molecule has 0 amide bonds.